The van der Waals surface area contributed by atoms with Gasteiger partial charge in [-0.15, -0.1) is 0 Å². The minimum atomic E-state index is -0.421. The lowest BCUT2D eigenvalue weighted by Gasteiger charge is -2.18. The Balaban J connectivity index is 2.31. The molecule has 0 aromatic carbocycles. The quantitative estimate of drug-likeness (QED) is 0.301. The lowest BCUT2D eigenvalue weighted by Crippen LogP contribution is -2.62. The number of aliphatic imine (C=N–C) groups is 1. The maximum absolute atomic E-state index is 11.0. The van der Waals surface area contributed by atoms with Crippen LogP contribution in [0.15, 0.2) is 9.52 Å². The highest BCUT2D eigenvalue weighted by Gasteiger charge is 2.30. The maximum atomic E-state index is 11.0. The largest absolute Gasteiger partial charge is 0.862 e. The fraction of sp³-hybridized carbons (Fsp3) is 0.600. The second-order valence-electron chi connectivity index (χ2n) is 3.92. The van der Waals surface area contributed by atoms with Gasteiger partial charge in [0, 0.05) is 0 Å². The zero-order chi connectivity index (χ0) is 12.3. The minimum absolute atomic E-state index is 0.0296. The molecule has 0 atom stereocenters. The SMILES string of the molecule is C/C([O-])=N/c1on[n+](N2CCCCC2)c1C=O. The third-order valence-corrected chi connectivity index (χ3v) is 2.61. The van der Waals surface area contributed by atoms with E-state index in [4.69, 9.17) is 4.52 Å². The third kappa shape index (κ3) is 2.43. The molecule has 2 rings (SSSR count). The van der Waals surface area contributed by atoms with Crippen molar-refractivity contribution in [1.82, 2.24) is 5.27 Å². The van der Waals surface area contributed by atoms with Crippen LogP contribution in [0.25, 0.3) is 0 Å². The molecule has 0 spiro atoms. The van der Waals surface area contributed by atoms with Crippen molar-refractivity contribution in [2.24, 2.45) is 4.99 Å². The van der Waals surface area contributed by atoms with Gasteiger partial charge in [-0.1, -0.05) is 0 Å². The molecule has 0 aliphatic carbocycles. The van der Waals surface area contributed by atoms with Crippen molar-refractivity contribution >= 4 is 18.1 Å². The molecule has 1 saturated heterocycles. The summed E-state index contributed by atoms with van der Waals surface area (Å²) in [5.41, 5.74) is 0.183. The Morgan fingerprint density at radius 3 is 2.82 bits per heavy atom. The van der Waals surface area contributed by atoms with Crippen LogP contribution >= 0.6 is 0 Å². The van der Waals surface area contributed by atoms with E-state index in [1.807, 2.05) is 5.01 Å². The standard InChI is InChI=1S/C10H14N4O3/c1-8(16)11-10-9(7-15)14(12-17-10)13-5-3-2-4-6-13/h7H,2-6H2,1H3. The zero-order valence-electron chi connectivity index (χ0n) is 9.63. The molecule has 0 N–H and O–H groups in total. The normalized spacial score (nSPS) is 17.2. The van der Waals surface area contributed by atoms with Crippen molar-refractivity contribution in [1.29, 1.82) is 0 Å². The first-order valence-electron chi connectivity index (χ1n) is 5.57. The van der Waals surface area contributed by atoms with Crippen LogP contribution in [0, 0.1) is 0 Å². The highest BCUT2D eigenvalue weighted by Crippen LogP contribution is 2.13. The first-order valence-corrected chi connectivity index (χ1v) is 5.57. The summed E-state index contributed by atoms with van der Waals surface area (Å²) in [5, 5.41) is 16.5. The van der Waals surface area contributed by atoms with Crippen molar-refractivity contribution in [3.63, 3.8) is 0 Å². The summed E-state index contributed by atoms with van der Waals surface area (Å²) in [7, 11) is 0. The Morgan fingerprint density at radius 1 is 1.53 bits per heavy atom. The molecular formula is C10H14N4O3. The van der Waals surface area contributed by atoms with Gasteiger partial charge >= 0.3 is 11.6 Å². The van der Waals surface area contributed by atoms with Gasteiger partial charge in [0.15, 0.2) is 0 Å². The van der Waals surface area contributed by atoms with Gasteiger partial charge in [-0.3, -0.25) is 9.32 Å². The van der Waals surface area contributed by atoms with Crippen molar-refractivity contribution in [3.05, 3.63) is 5.69 Å². The van der Waals surface area contributed by atoms with E-state index in [-0.39, 0.29) is 11.6 Å². The molecule has 0 radical (unpaired) electrons. The molecule has 0 saturated carbocycles. The van der Waals surface area contributed by atoms with Crippen LogP contribution in [-0.4, -0.2) is 30.5 Å². The van der Waals surface area contributed by atoms with Gasteiger partial charge < -0.3 is 5.11 Å². The van der Waals surface area contributed by atoms with E-state index in [9.17, 15) is 9.90 Å². The van der Waals surface area contributed by atoms with Crippen LogP contribution in [0.5, 0.6) is 0 Å². The van der Waals surface area contributed by atoms with E-state index >= 15 is 0 Å². The molecule has 1 aliphatic heterocycles. The van der Waals surface area contributed by atoms with E-state index < -0.39 is 5.90 Å². The molecule has 1 fully saturated rings. The van der Waals surface area contributed by atoms with Crippen LogP contribution in [0.3, 0.4) is 0 Å². The molecule has 17 heavy (non-hydrogen) atoms. The van der Waals surface area contributed by atoms with Gasteiger partial charge in [0.2, 0.25) is 11.6 Å². The first-order chi connectivity index (χ1) is 8.22. The van der Waals surface area contributed by atoms with E-state index in [0.717, 1.165) is 25.9 Å². The van der Waals surface area contributed by atoms with E-state index in [2.05, 4.69) is 10.3 Å². The Hall–Kier alpha value is -1.92. The van der Waals surface area contributed by atoms with E-state index in [0.29, 0.717) is 6.29 Å². The number of aromatic nitrogens is 2. The highest BCUT2D eigenvalue weighted by molar-refractivity contribution is 5.79. The predicted octanol–water partition coefficient (Wildman–Crippen LogP) is -0.693. The summed E-state index contributed by atoms with van der Waals surface area (Å²) in [6.45, 7) is 2.93. The summed E-state index contributed by atoms with van der Waals surface area (Å²) in [6.07, 6.45) is 3.89. The van der Waals surface area contributed by atoms with Crippen molar-refractivity contribution < 1.29 is 19.2 Å². The fourth-order valence-electron chi connectivity index (χ4n) is 1.84. The van der Waals surface area contributed by atoms with Gasteiger partial charge in [0.1, 0.15) is 0 Å². The first kappa shape index (κ1) is 11.6. The highest BCUT2D eigenvalue weighted by atomic mass is 16.5. The average Bonchev–Trinajstić information content (AvgIpc) is 2.72. The third-order valence-electron chi connectivity index (χ3n) is 2.61. The molecule has 7 heteroatoms. The number of aldehydes is 1. The Morgan fingerprint density at radius 2 is 2.24 bits per heavy atom. The van der Waals surface area contributed by atoms with Crippen LogP contribution in [0.1, 0.15) is 36.7 Å². The van der Waals surface area contributed by atoms with Gasteiger partial charge in [0.05, 0.1) is 17.9 Å². The van der Waals surface area contributed by atoms with Crippen molar-refractivity contribution in [3.8, 4) is 0 Å². The number of rotatable bonds is 3. The van der Waals surface area contributed by atoms with Crippen molar-refractivity contribution in [2.75, 3.05) is 18.1 Å². The molecule has 0 unspecified atom stereocenters. The number of hydrogen-bond donors (Lipinski definition) is 0. The molecule has 92 valence electrons. The molecule has 1 aliphatic rings. The minimum Gasteiger partial charge on any atom is -0.862 e. The summed E-state index contributed by atoms with van der Waals surface area (Å²) in [5.74, 6) is -0.451. The van der Waals surface area contributed by atoms with Crippen LogP contribution in [0.2, 0.25) is 0 Å². The molecule has 0 amide bonds. The topological polar surface area (TPSA) is 85.6 Å². The lowest BCUT2D eigenvalue weighted by atomic mass is 10.2. The summed E-state index contributed by atoms with van der Waals surface area (Å²) < 4.78 is 4.90. The second-order valence-corrected chi connectivity index (χ2v) is 3.92. The van der Waals surface area contributed by atoms with Gasteiger partial charge in [-0.05, 0) is 32.1 Å². The van der Waals surface area contributed by atoms with Crippen LogP contribution < -0.4 is 14.9 Å². The smallest absolute Gasteiger partial charge is 0.372 e. The maximum Gasteiger partial charge on any atom is 0.372 e. The van der Waals surface area contributed by atoms with E-state index in [1.165, 1.54) is 18.1 Å². The Kier molecular flexibility index (Phi) is 3.36. The predicted molar refractivity (Wildman–Crippen MR) is 56.7 cm³/mol. The molecule has 7 nitrogen and oxygen atoms in total. The molecular weight excluding hydrogens is 224 g/mol. The Bertz CT molecular complexity index is 431. The monoisotopic (exact) mass is 238 g/mol. The van der Waals surface area contributed by atoms with Crippen LogP contribution in [0.4, 0.5) is 5.88 Å². The zero-order valence-corrected chi connectivity index (χ0v) is 9.63. The van der Waals surface area contributed by atoms with Gasteiger partial charge in [-0.2, -0.15) is 5.01 Å². The Labute approximate surface area is 98.3 Å². The number of carbonyl (C=O) groups excluding carboxylic acids is 1. The molecule has 1 aromatic rings. The fourth-order valence-corrected chi connectivity index (χ4v) is 1.84. The number of nitrogens with zero attached hydrogens (tertiary/aromatic N) is 4. The average molecular weight is 238 g/mol. The van der Waals surface area contributed by atoms with E-state index in [1.54, 1.807) is 0 Å². The molecule has 1 aromatic heterocycles. The second kappa shape index (κ2) is 4.94. The van der Waals surface area contributed by atoms with Gasteiger partial charge in [-0.25, -0.2) is 4.99 Å². The number of carbonyl (C=O) groups is 1. The summed E-state index contributed by atoms with van der Waals surface area (Å²) in [4.78, 5) is 16.0. The van der Waals surface area contributed by atoms with Crippen molar-refractivity contribution in [2.45, 2.75) is 26.2 Å². The number of piperidine rings is 1. The van der Waals surface area contributed by atoms with Gasteiger partial charge in [0.25, 0.3) is 0 Å². The summed E-state index contributed by atoms with van der Waals surface area (Å²) >= 11 is 0. The lowest BCUT2D eigenvalue weighted by molar-refractivity contribution is -0.760. The molecule has 2 heterocycles. The summed E-state index contributed by atoms with van der Waals surface area (Å²) in [6, 6.07) is 0. The number of hydrogen-bond acceptors (Lipinski definition) is 6. The molecule has 0 bridgehead atoms. The van der Waals surface area contributed by atoms with Crippen LogP contribution in [-0.2, 0) is 0 Å².